The average molecular weight is 289 g/mol. The Hall–Kier alpha value is -2.17. The van der Waals surface area contributed by atoms with Gasteiger partial charge in [0.25, 0.3) is 0 Å². The number of ether oxygens (including phenoxy) is 1. The molecule has 2 aromatic rings. The van der Waals surface area contributed by atoms with E-state index in [0.717, 1.165) is 30.9 Å². The summed E-state index contributed by atoms with van der Waals surface area (Å²) in [5, 5.41) is 3.25. The van der Waals surface area contributed by atoms with Gasteiger partial charge in [0.2, 0.25) is 0 Å². The zero-order chi connectivity index (χ0) is 15.2. The van der Waals surface area contributed by atoms with Crippen LogP contribution in [-0.4, -0.2) is 23.6 Å². The van der Waals surface area contributed by atoms with Crippen LogP contribution in [-0.2, 0) is 6.42 Å². The number of nitrogens with zero attached hydrogens (tertiary/aromatic N) is 2. The number of nitrogens with one attached hydrogen (secondary N) is 1. The first-order chi connectivity index (χ1) is 10.2. The van der Waals surface area contributed by atoms with Crippen LogP contribution in [0.2, 0.25) is 0 Å². The first kappa shape index (κ1) is 15.2. The number of rotatable bonds is 6. The number of methoxy groups -OCH3 is 1. The summed E-state index contributed by atoms with van der Waals surface area (Å²) in [6.07, 6.45) is 1.81. The van der Waals surface area contributed by atoms with E-state index in [2.05, 4.69) is 22.2 Å². The highest BCUT2D eigenvalue weighted by molar-refractivity contribution is 5.59. The number of aryl methyl sites for hydroxylation is 1. The third kappa shape index (κ3) is 3.68. The predicted molar refractivity (Wildman–Crippen MR) is 82.1 cm³/mol. The van der Waals surface area contributed by atoms with Gasteiger partial charge in [-0.25, -0.2) is 14.4 Å². The number of hydrogen-bond donors (Lipinski definition) is 1. The van der Waals surface area contributed by atoms with Gasteiger partial charge in [0.1, 0.15) is 5.82 Å². The number of halogens is 1. The van der Waals surface area contributed by atoms with Crippen molar-refractivity contribution >= 4 is 5.82 Å². The van der Waals surface area contributed by atoms with Gasteiger partial charge in [0.05, 0.1) is 7.11 Å². The third-order valence-electron chi connectivity index (χ3n) is 3.11. The fraction of sp³-hybridized carbons (Fsp3) is 0.375. The molecule has 0 radical (unpaired) electrons. The van der Waals surface area contributed by atoms with E-state index in [1.807, 2.05) is 13.0 Å². The maximum atomic E-state index is 13.8. The normalized spacial score (nSPS) is 10.5. The lowest BCUT2D eigenvalue weighted by atomic mass is 10.2. The Morgan fingerprint density at radius 1 is 1.19 bits per heavy atom. The van der Waals surface area contributed by atoms with Gasteiger partial charge in [-0.1, -0.05) is 13.8 Å². The van der Waals surface area contributed by atoms with Crippen molar-refractivity contribution in [3.05, 3.63) is 35.8 Å². The topological polar surface area (TPSA) is 47.0 Å². The van der Waals surface area contributed by atoms with Gasteiger partial charge >= 0.3 is 0 Å². The number of anilines is 1. The molecule has 0 aliphatic heterocycles. The highest BCUT2D eigenvalue weighted by Gasteiger charge is 2.09. The number of benzene rings is 1. The minimum Gasteiger partial charge on any atom is -0.494 e. The van der Waals surface area contributed by atoms with Crippen molar-refractivity contribution in [3.63, 3.8) is 0 Å². The molecular formula is C16H20FN3O. The van der Waals surface area contributed by atoms with E-state index in [1.54, 1.807) is 12.1 Å². The molecule has 0 fully saturated rings. The fourth-order valence-electron chi connectivity index (χ4n) is 1.96. The van der Waals surface area contributed by atoms with Crippen molar-refractivity contribution in [2.24, 2.45) is 0 Å². The molecule has 0 unspecified atom stereocenters. The summed E-state index contributed by atoms with van der Waals surface area (Å²) in [4.78, 5) is 8.92. The van der Waals surface area contributed by atoms with Crippen LogP contribution in [0.5, 0.6) is 5.75 Å². The van der Waals surface area contributed by atoms with Crippen LogP contribution in [0.3, 0.4) is 0 Å². The summed E-state index contributed by atoms with van der Waals surface area (Å²) in [7, 11) is 1.44. The zero-order valence-electron chi connectivity index (χ0n) is 12.6. The van der Waals surface area contributed by atoms with Crippen LogP contribution in [0.4, 0.5) is 10.2 Å². The van der Waals surface area contributed by atoms with Gasteiger partial charge in [0, 0.05) is 23.9 Å². The molecule has 1 aromatic heterocycles. The second kappa shape index (κ2) is 7.02. The summed E-state index contributed by atoms with van der Waals surface area (Å²) in [5.74, 6) is 1.10. The molecule has 112 valence electrons. The van der Waals surface area contributed by atoms with E-state index in [1.165, 1.54) is 13.2 Å². The minimum atomic E-state index is -0.413. The van der Waals surface area contributed by atoms with E-state index >= 15 is 0 Å². The standard InChI is InChI=1S/C16H20FN3O/c1-4-8-18-15-10-12(5-2)19-16(20-15)11-6-7-14(21-3)13(17)9-11/h6-7,9-10H,4-5,8H2,1-3H3,(H,18,19,20). The molecule has 0 aliphatic rings. The Kier molecular flexibility index (Phi) is 5.09. The van der Waals surface area contributed by atoms with Crippen molar-refractivity contribution in [2.45, 2.75) is 26.7 Å². The van der Waals surface area contributed by atoms with E-state index in [0.29, 0.717) is 11.4 Å². The lowest BCUT2D eigenvalue weighted by molar-refractivity contribution is 0.386. The molecule has 0 aliphatic carbocycles. The predicted octanol–water partition coefficient (Wildman–Crippen LogP) is 3.68. The fourth-order valence-corrected chi connectivity index (χ4v) is 1.96. The van der Waals surface area contributed by atoms with E-state index in [9.17, 15) is 4.39 Å². The average Bonchev–Trinajstić information content (AvgIpc) is 2.52. The van der Waals surface area contributed by atoms with E-state index < -0.39 is 5.82 Å². The molecular weight excluding hydrogens is 269 g/mol. The van der Waals surface area contributed by atoms with E-state index in [4.69, 9.17) is 4.74 Å². The first-order valence-electron chi connectivity index (χ1n) is 7.13. The van der Waals surface area contributed by atoms with Crippen molar-refractivity contribution in [1.29, 1.82) is 0 Å². The lowest BCUT2D eigenvalue weighted by Gasteiger charge is -2.09. The largest absolute Gasteiger partial charge is 0.494 e. The van der Waals surface area contributed by atoms with Crippen molar-refractivity contribution in [2.75, 3.05) is 19.0 Å². The molecule has 0 saturated carbocycles. The summed E-state index contributed by atoms with van der Waals surface area (Å²) >= 11 is 0. The maximum absolute atomic E-state index is 13.8. The first-order valence-corrected chi connectivity index (χ1v) is 7.13. The van der Waals surface area contributed by atoms with Gasteiger partial charge in [-0.2, -0.15) is 0 Å². The summed E-state index contributed by atoms with van der Waals surface area (Å²) < 4.78 is 18.8. The number of aromatic nitrogens is 2. The van der Waals surface area contributed by atoms with Crippen molar-refractivity contribution in [3.8, 4) is 17.1 Å². The lowest BCUT2D eigenvalue weighted by Crippen LogP contribution is -2.05. The van der Waals surface area contributed by atoms with E-state index in [-0.39, 0.29) is 5.75 Å². The molecule has 4 nitrogen and oxygen atoms in total. The van der Waals surface area contributed by atoms with Crippen LogP contribution in [0.15, 0.2) is 24.3 Å². The van der Waals surface area contributed by atoms with Crippen LogP contribution in [0.1, 0.15) is 26.0 Å². The van der Waals surface area contributed by atoms with Gasteiger partial charge in [-0.15, -0.1) is 0 Å². The van der Waals surface area contributed by atoms with Crippen LogP contribution >= 0.6 is 0 Å². The molecule has 0 bridgehead atoms. The smallest absolute Gasteiger partial charge is 0.165 e. The third-order valence-corrected chi connectivity index (χ3v) is 3.11. The highest BCUT2D eigenvalue weighted by atomic mass is 19.1. The molecule has 1 N–H and O–H groups in total. The highest BCUT2D eigenvalue weighted by Crippen LogP contribution is 2.24. The zero-order valence-corrected chi connectivity index (χ0v) is 12.6. The molecule has 0 atom stereocenters. The summed E-state index contributed by atoms with van der Waals surface area (Å²) in [6.45, 7) is 4.97. The monoisotopic (exact) mass is 289 g/mol. The van der Waals surface area contributed by atoms with Crippen LogP contribution in [0, 0.1) is 5.82 Å². The SMILES string of the molecule is CCCNc1cc(CC)nc(-c2ccc(OC)c(F)c2)n1. The molecule has 1 aromatic carbocycles. The van der Waals surface area contributed by atoms with Gasteiger partial charge in [0.15, 0.2) is 17.4 Å². The molecule has 21 heavy (non-hydrogen) atoms. The Balaban J connectivity index is 2.39. The maximum Gasteiger partial charge on any atom is 0.165 e. The summed E-state index contributed by atoms with van der Waals surface area (Å²) in [6, 6.07) is 6.68. The molecule has 2 rings (SSSR count). The second-order valence-corrected chi connectivity index (χ2v) is 4.70. The van der Waals surface area contributed by atoms with Crippen molar-refractivity contribution < 1.29 is 9.13 Å². The molecule has 5 heteroatoms. The molecule has 0 saturated heterocycles. The van der Waals surface area contributed by atoms with Gasteiger partial charge in [-0.05, 0) is 31.0 Å². The molecule has 0 amide bonds. The Labute approximate surface area is 124 Å². The van der Waals surface area contributed by atoms with Gasteiger partial charge < -0.3 is 10.1 Å². The molecule has 1 heterocycles. The number of hydrogen-bond acceptors (Lipinski definition) is 4. The van der Waals surface area contributed by atoms with Crippen LogP contribution in [0.25, 0.3) is 11.4 Å². The Morgan fingerprint density at radius 2 is 2.00 bits per heavy atom. The Bertz CT molecular complexity index is 616. The Morgan fingerprint density at radius 3 is 2.62 bits per heavy atom. The van der Waals surface area contributed by atoms with Gasteiger partial charge in [-0.3, -0.25) is 0 Å². The van der Waals surface area contributed by atoms with Crippen molar-refractivity contribution in [1.82, 2.24) is 9.97 Å². The molecule has 0 spiro atoms. The summed E-state index contributed by atoms with van der Waals surface area (Å²) in [5.41, 5.74) is 1.57. The quantitative estimate of drug-likeness (QED) is 0.881. The second-order valence-electron chi connectivity index (χ2n) is 4.70. The minimum absolute atomic E-state index is 0.217. The van der Waals surface area contributed by atoms with Crippen LogP contribution < -0.4 is 10.1 Å².